The maximum absolute atomic E-state index is 13.4. The predicted octanol–water partition coefficient (Wildman–Crippen LogP) is 3.69. The van der Waals surface area contributed by atoms with Crippen LogP contribution in [-0.2, 0) is 6.61 Å². The first kappa shape index (κ1) is 20.4. The SMILES string of the molecule is COc1ccc(COn2c(=O)c(-c3cc4ccccc4o3)[n+]([O-])c3ccccc32)cc1OC. The molecule has 0 aliphatic rings. The summed E-state index contributed by atoms with van der Waals surface area (Å²) in [7, 11) is 3.10. The summed E-state index contributed by atoms with van der Waals surface area (Å²) in [5, 5.41) is 14.0. The van der Waals surface area contributed by atoms with Gasteiger partial charge < -0.3 is 23.9 Å². The minimum atomic E-state index is -0.622. The molecule has 0 N–H and O–H groups in total. The van der Waals surface area contributed by atoms with Gasteiger partial charge in [-0.3, -0.25) is 4.79 Å². The molecule has 0 aliphatic heterocycles. The minimum Gasteiger partial charge on any atom is -0.618 e. The first-order valence-electron chi connectivity index (χ1n) is 10.2. The molecule has 0 unspecified atom stereocenters. The van der Waals surface area contributed by atoms with E-state index >= 15 is 0 Å². The second-order valence-electron chi connectivity index (χ2n) is 7.34. The van der Waals surface area contributed by atoms with E-state index in [1.54, 1.807) is 62.8 Å². The van der Waals surface area contributed by atoms with E-state index in [1.807, 2.05) is 24.3 Å². The monoisotopic (exact) mass is 444 g/mol. The molecule has 0 aliphatic carbocycles. The smallest absolute Gasteiger partial charge is 0.361 e. The van der Waals surface area contributed by atoms with Crippen LogP contribution >= 0.6 is 0 Å². The number of nitrogens with zero attached hydrogens (tertiary/aromatic N) is 2. The van der Waals surface area contributed by atoms with Crippen molar-refractivity contribution in [3.63, 3.8) is 0 Å². The number of aromatic nitrogens is 2. The molecule has 0 saturated heterocycles. The van der Waals surface area contributed by atoms with Crippen LogP contribution in [0, 0.1) is 5.21 Å². The van der Waals surface area contributed by atoms with Crippen LogP contribution in [0.1, 0.15) is 5.56 Å². The molecule has 0 bridgehead atoms. The Hall–Kier alpha value is -4.46. The zero-order valence-corrected chi connectivity index (χ0v) is 18.0. The van der Waals surface area contributed by atoms with E-state index in [1.165, 1.54) is 0 Å². The standard InChI is InChI=1S/C25H20N2O6/c1-30-21-12-11-16(13-22(21)31-2)15-32-27-19-9-5-4-8-18(19)26(29)24(25(27)28)23-14-17-7-3-6-10-20(17)33-23/h3-14H,15H2,1-2H3. The zero-order chi connectivity index (χ0) is 22.9. The molecule has 2 aromatic heterocycles. The van der Waals surface area contributed by atoms with E-state index in [2.05, 4.69) is 0 Å². The number of methoxy groups -OCH3 is 2. The third-order valence-electron chi connectivity index (χ3n) is 5.38. The van der Waals surface area contributed by atoms with Crippen molar-refractivity contribution in [3.05, 3.63) is 93.9 Å². The van der Waals surface area contributed by atoms with Gasteiger partial charge in [-0.2, -0.15) is 4.73 Å². The molecule has 8 heteroatoms. The Bertz CT molecular complexity index is 1500. The fraction of sp³-hybridized carbons (Fsp3) is 0.120. The molecule has 5 rings (SSSR count). The van der Waals surface area contributed by atoms with Crippen LogP contribution in [0.25, 0.3) is 33.5 Å². The Morgan fingerprint density at radius 2 is 1.70 bits per heavy atom. The lowest BCUT2D eigenvalue weighted by atomic mass is 10.2. The predicted molar refractivity (Wildman–Crippen MR) is 122 cm³/mol. The van der Waals surface area contributed by atoms with Crippen molar-refractivity contribution in [1.82, 2.24) is 4.73 Å². The second-order valence-corrected chi connectivity index (χ2v) is 7.34. The van der Waals surface area contributed by atoms with E-state index in [-0.39, 0.29) is 23.6 Å². The Kier molecular flexibility index (Phi) is 5.10. The van der Waals surface area contributed by atoms with Crippen LogP contribution in [0.15, 0.2) is 82.0 Å². The Labute approximate surface area is 188 Å². The van der Waals surface area contributed by atoms with E-state index in [0.717, 1.165) is 15.7 Å². The van der Waals surface area contributed by atoms with E-state index in [9.17, 15) is 10.0 Å². The van der Waals surface area contributed by atoms with Gasteiger partial charge in [0.2, 0.25) is 11.3 Å². The van der Waals surface area contributed by atoms with Gasteiger partial charge in [-0.25, -0.2) is 0 Å². The maximum Gasteiger partial charge on any atom is 0.361 e. The normalized spacial score (nSPS) is 11.1. The Morgan fingerprint density at radius 1 is 0.939 bits per heavy atom. The van der Waals surface area contributed by atoms with Gasteiger partial charge in [0.05, 0.1) is 14.2 Å². The van der Waals surface area contributed by atoms with E-state index in [0.29, 0.717) is 27.3 Å². The quantitative estimate of drug-likeness (QED) is 0.293. The first-order valence-corrected chi connectivity index (χ1v) is 10.2. The van der Waals surface area contributed by atoms with Gasteiger partial charge in [-0.1, -0.05) is 36.4 Å². The van der Waals surface area contributed by atoms with Gasteiger partial charge in [-0.15, -0.1) is 4.73 Å². The molecule has 0 fully saturated rings. The number of benzene rings is 3. The van der Waals surface area contributed by atoms with Crippen molar-refractivity contribution < 1.29 is 23.5 Å². The zero-order valence-electron chi connectivity index (χ0n) is 18.0. The number of ether oxygens (including phenoxy) is 2. The molecule has 0 amide bonds. The van der Waals surface area contributed by atoms with E-state index < -0.39 is 5.56 Å². The van der Waals surface area contributed by atoms with Crippen LogP contribution in [0.3, 0.4) is 0 Å². The van der Waals surface area contributed by atoms with Crippen molar-refractivity contribution in [2.45, 2.75) is 6.61 Å². The molecule has 0 saturated carbocycles. The summed E-state index contributed by atoms with van der Waals surface area (Å²) in [6.45, 7) is 0.0622. The summed E-state index contributed by atoms with van der Waals surface area (Å²) in [6, 6.07) is 21.1. The second kappa shape index (κ2) is 8.23. The summed E-state index contributed by atoms with van der Waals surface area (Å²) >= 11 is 0. The van der Waals surface area contributed by atoms with Gasteiger partial charge >= 0.3 is 11.3 Å². The maximum atomic E-state index is 13.4. The summed E-state index contributed by atoms with van der Waals surface area (Å²) in [5.41, 5.74) is 1.18. The summed E-state index contributed by atoms with van der Waals surface area (Å²) in [4.78, 5) is 19.4. The number of hydrogen-bond acceptors (Lipinski definition) is 6. The lowest BCUT2D eigenvalue weighted by Gasteiger charge is -2.14. The topological polar surface area (TPSA) is 89.8 Å². The van der Waals surface area contributed by atoms with Crippen molar-refractivity contribution in [2.75, 3.05) is 14.2 Å². The average Bonchev–Trinajstić information content (AvgIpc) is 3.27. The van der Waals surface area contributed by atoms with Gasteiger partial charge in [0.1, 0.15) is 12.2 Å². The lowest BCUT2D eigenvalue weighted by molar-refractivity contribution is -0.567. The Morgan fingerprint density at radius 3 is 2.48 bits per heavy atom. The van der Waals surface area contributed by atoms with E-state index in [4.69, 9.17) is 18.7 Å². The summed E-state index contributed by atoms with van der Waals surface area (Å²) in [5.74, 6) is 1.30. The third kappa shape index (κ3) is 3.51. The Balaban J connectivity index is 1.62. The van der Waals surface area contributed by atoms with Crippen molar-refractivity contribution in [3.8, 4) is 23.0 Å². The molecule has 33 heavy (non-hydrogen) atoms. The number of furan rings is 1. The number of rotatable bonds is 6. The van der Waals surface area contributed by atoms with Crippen molar-refractivity contribution in [1.29, 1.82) is 0 Å². The van der Waals surface area contributed by atoms with Crippen LogP contribution in [-0.4, -0.2) is 19.0 Å². The fourth-order valence-electron chi connectivity index (χ4n) is 3.76. The highest BCUT2D eigenvalue weighted by atomic mass is 16.7. The fourth-order valence-corrected chi connectivity index (χ4v) is 3.76. The highest BCUT2D eigenvalue weighted by Gasteiger charge is 2.26. The van der Waals surface area contributed by atoms with Gasteiger partial charge in [0, 0.05) is 11.5 Å². The van der Waals surface area contributed by atoms with Crippen LogP contribution in [0.5, 0.6) is 11.5 Å². The highest BCUT2D eigenvalue weighted by molar-refractivity contribution is 5.82. The molecule has 0 spiro atoms. The summed E-state index contributed by atoms with van der Waals surface area (Å²) < 4.78 is 18.1. The molecule has 2 heterocycles. The largest absolute Gasteiger partial charge is 0.618 e. The molecule has 8 nitrogen and oxygen atoms in total. The van der Waals surface area contributed by atoms with Gasteiger partial charge in [0.25, 0.3) is 0 Å². The lowest BCUT2D eigenvalue weighted by Crippen LogP contribution is -2.42. The molecule has 0 radical (unpaired) electrons. The number of para-hydroxylation sites is 3. The highest BCUT2D eigenvalue weighted by Crippen LogP contribution is 2.28. The number of hydrogen-bond donors (Lipinski definition) is 0. The van der Waals surface area contributed by atoms with Crippen LogP contribution in [0.4, 0.5) is 0 Å². The first-order chi connectivity index (χ1) is 16.1. The van der Waals surface area contributed by atoms with Crippen molar-refractivity contribution in [2.24, 2.45) is 0 Å². The summed E-state index contributed by atoms with van der Waals surface area (Å²) in [6.07, 6.45) is 0. The van der Waals surface area contributed by atoms with Crippen LogP contribution in [0.2, 0.25) is 0 Å². The molecular weight excluding hydrogens is 424 g/mol. The number of fused-ring (bicyclic) bond motifs is 2. The molecule has 5 aromatic rings. The van der Waals surface area contributed by atoms with Gasteiger partial charge in [0.15, 0.2) is 17.0 Å². The molecular formula is C25H20N2O6. The molecule has 166 valence electrons. The average molecular weight is 444 g/mol. The molecule has 3 aromatic carbocycles. The molecule has 0 atom stereocenters. The van der Waals surface area contributed by atoms with Gasteiger partial charge in [-0.05, 0) is 35.9 Å². The van der Waals surface area contributed by atoms with Crippen molar-refractivity contribution >= 4 is 22.0 Å². The third-order valence-corrected chi connectivity index (χ3v) is 5.38. The minimum absolute atomic E-state index is 0.0622. The van der Waals surface area contributed by atoms with Crippen LogP contribution < -0.4 is 24.6 Å².